The molecule has 1 unspecified atom stereocenters. The van der Waals surface area contributed by atoms with Gasteiger partial charge in [-0.1, -0.05) is 48.0 Å². The number of benzene rings is 3. The molecule has 0 fully saturated rings. The number of aliphatic hydroxyl groups excluding tert-OH is 1. The van der Waals surface area contributed by atoms with E-state index < -0.39 is 17.2 Å². The maximum Gasteiger partial charge on any atom is 0.290 e. The lowest BCUT2D eigenvalue weighted by molar-refractivity contribution is -0.131. The summed E-state index contributed by atoms with van der Waals surface area (Å²) in [5.41, 5.74) is 0.984. The van der Waals surface area contributed by atoms with Crippen molar-refractivity contribution >= 4 is 11.7 Å². The molecule has 0 aromatic heterocycles. The molecule has 0 saturated heterocycles. The van der Waals surface area contributed by atoms with E-state index >= 15 is 0 Å². The van der Waals surface area contributed by atoms with Gasteiger partial charge >= 0.3 is 0 Å². The number of carbonyl (C=O) groups excluding carboxylic acids is 2. The van der Waals surface area contributed by atoms with Gasteiger partial charge in [-0.05, 0) is 42.3 Å². The van der Waals surface area contributed by atoms with Gasteiger partial charge in [0.05, 0.1) is 21.3 Å². The van der Waals surface area contributed by atoms with Crippen molar-refractivity contribution in [2.75, 3.05) is 21.3 Å². The Morgan fingerprint density at radius 2 is 1.63 bits per heavy atom. The summed E-state index contributed by atoms with van der Waals surface area (Å²) in [7, 11) is 4.57. The van der Waals surface area contributed by atoms with Gasteiger partial charge in [-0.15, -0.1) is 0 Å². The van der Waals surface area contributed by atoms with Crippen LogP contribution in [0.1, 0.15) is 27.0 Å². The summed E-state index contributed by atoms with van der Waals surface area (Å²) in [6, 6.07) is 19.4. The number of rotatable bonds is 8. The molecule has 7 nitrogen and oxygen atoms in total. The molecular weight excluding hydrogens is 446 g/mol. The highest BCUT2D eigenvalue weighted by molar-refractivity contribution is 6.11. The maximum atomic E-state index is 14.2. The van der Waals surface area contributed by atoms with E-state index in [0.717, 1.165) is 11.1 Å². The fourth-order valence-electron chi connectivity index (χ4n) is 4.34. The molecule has 0 spiro atoms. The number of hydrogen-bond donors (Lipinski definition) is 1. The number of aryl methyl sites for hydroxylation is 1. The number of amides is 1. The predicted molar refractivity (Wildman–Crippen MR) is 131 cm³/mol. The zero-order valence-electron chi connectivity index (χ0n) is 20.1. The van der Waals surface area contributed by atoms with Crippen molar-refractivity contribution in [2.24, 2.45) is 0 Å². The third kappa shape index (κ3) is 4.21. The van der Waals surface area contributed by atoms with Crippen LogP contribution in [0.5, 0.6) is 17.2 Å². The third-order valence-corrected chi connectivity index (χ3v) is 6.19. The first-order valence-corrected chi connectivity index (χ1v) is 11.0. The van der Waals surface area contributed by atoms with Crippen LogP contribution in [0, 0.1) is 6.92 Å². The van der Waals surface area contributed by atoms with Gasteiger partial charge in [0.2, 0.25) is 0 Å². The Balaban J connectivity index is 1.93. The molecule has 1 atom stereocenters. The van der Waals surface area contributed by atoms with Crippen LogP contribution < -0.4 is 14.2 Å². The third-order valence-electron chi connectivity index (χ3n) is 6.19. The van der Waals surface area contributed by atoms with Crippen LogP contribution in [0.15, 0.2) is 78.6 Å². The highest BCUT2D eigenvalue weighted by Crippen LogP contribution is 2.44. The molecule has 0 saturated carbocycles. The van der Waals surface area contributed by atoms with Crippen LogP contribution in [0.25, 0.3) is 0 Å². The molecule has 1 aliphatic heterocycles. The summed E-state index contributed by atoms with van der Waals surface area (Å²) in [4.78, 5) is 28.9. The van der Waals surface area contributed by atoms with Gasteiger partial charge in [0, 0.05) is 18.2 Å². The minimum Gasteiger partial charge on any atom is -0.503 e. The van der Waals surface area contributed by atoms with Gasteiger partial charge in [-0.3, -0.25) is 9.59 Å². The van der Waals surface area contributed by atoms with Crippen LogP contribution in [0.4, 0.5) is 0 Å². The Bertz CT molecular complexity index is 1300. The highest BCUT2D eigenvalue weighted by Gasteiger charge is 2.52. The second kappa shape index (κ2) is 9.54. The molecule has 4 rings (SSSR count). The van der Waals surface area contributed by atoms with Gasteiger partial charge in [0.25, 0.3) is 5.91 Å². The lowest BCUT2D eigenvalue weighted by atomic mass is 9.81. The number of carbonyl (C=O) groups is 2. The quantitative estimate of drug-likeness (QED) is 0.482. The summed E-state index contributed by atoms with van der Waals surface area (Å²) in [5.74, 6) is -0.00941. The van der Waals surface area contributed by atoms with Gasteiger partial charge in [-0.2, -0.15) is 0 Å². The van der Waals surface area contributed by atoms with Gasteiger partial charge in [0.15, 0.2) is 28.6 Å². The molecule has 3 aromatic carbocycles. The molecule has 0 aliphatic carbocycles. The minimum atomic E-state index is -1.61. The zero-order chi connectivity index (χ0) is 25.2. The number of ether oxygens (including phenoxy) is 3. The summed E-state index contributed by atoms with van der Waals surface area (Å²) < 4.78 is 16.2. The van der Waals surface area contributed by atoms with Gasteiger partial charge < -0.3 is 24.2 Å². The number of nitrogens with zero attached hydrogens (tertiary/aromatic N) is 1. The van der Waals surface area contributed by atoms with Gasteiger partial charge in [0.1, 0.15) is 5.75 Å². The standard InChI is InChI=1S/C28H27NO6/c1-18-8-10-20(11-9-18)26(31)28(21-12-13-24(34-3)25(15-21)35-4)16-23(30)27(32)29(28)17-19-6-5-7-22(14-19)33-2/h5-16,30H,17H2,1-4H3. The molecule has 0 bridgehead atoms. The fourth-order valence-corrected chi connectivity index (χ4v) is 4.34. The van der Waals surface area contributed by atoms with Crippen LogP contribution in [-0.4, -0.2) is 43.0 Å². The second-order valence-corrected chi connectivity index (χ2v) is 8.30. The Morgan fingerprint density at radius 3 is 2.29 bits per heavy atom. The molecular formula is C28H27NO6. The molecule has 3 aromatic rings. The van der Waals surface area contributed by atoms with E-state index in [2.05, 4.69) is 0 Å². The summed E-state index contributed by atoms with van der Waals surface area (Å²) in [5, 5.41) is 10.6. The molecule has 1 N–H and O–H groups in total. The first kappa shape index (κ1) is 23.9. The fraction of sp³-hybridized carbons (Fsp3) is 0.214. The summed E-state index contributed by atoms with van der Waals surface area (Å²) in [6.45, 7) is 1.99. The van der Waals surface area contributed by atoms with E-state index in [9.17, 15) is 14.7 Å². The van der Waals surface area contributed by atoms with Crippen LogP contribution in [0.2, 0.25) is 0 Å². The largest absolute Gasteiger partial charge is 0.503 e. The number of ketones is 1. The van der Waals surface area contributed by atoms with Crippen LogP contribution in [0.3, 0.4) is 0 Å². The zero-order valence-corrected chi connectivity index (χ0v) is 20.1. The average Bonchev–Trinajstić information content (AvgIpc) is 3.14. The van der Waals surface area contributed by atoms with Crippen molar-refractivity contribution in [1.29, 1.82) is 0 Å². The van der Waals surface area contributed by atoms with Crippen molar-refractivity contribution in [3.05, 3.63) is 101 Å². The molecule has 1 aliphatic rings. The smallest absolute Gasteiger partial charge is 0.290 e. The Hall–Kier alpha value is -4.26. The Labute approximate surface area is 204 Å². The maximum absolute atomic E-state index is 14.2. The van der Waals surface area contributed by atoms with Crippen molar-refractivity contribution in [2.45, 2.75) is 19.0 Å². The molecule has 1 amide bonds. The van der Waals surface area contributed by atoms with Crippen molar-refractivity contribution in [3.8, 4) is 17.2 Å². The van der Waals surface area contributed by atoms with Gasteiger partial charge in [-0.25, -0.2) is 0 Å². The first-order valence-electron chi connectivity index (χ1n) is 11.0. The van der Waals surface area contributed by atoms with Crippen LogP contribution in [-0.2, 0) is 16.9 Å². The molecule has 7 heteroatoms. The Morgan fingerprint density at radius 1 is 0.914 bits per heavy atom. The molecule has 0 radical (unpaired) electrons. The lowest BCUT2D eigenvalue weighted by Gasteiger charge is -2.37. The van der Waals surface area contributed by atoms with E-state index in [-0.39, 0.29) is 12.3 Å². The van der Waals surface area contributed by atoms with E-state index in [1.165, 1.54) is 25.2 Å². The summed E-state index contributed by atoms with van der Waals surface area (Å²) >= 11 is 0. The average molecular weight is 474 g/mol. The molecule has 180 valence electrons. The van der Waals surface area contributed by atoms with Crippen molar-refractivity contribution < 1.29 is 28.9 Å². The van der Waals surface area contributed by atoms with Crippen molar-refractivity contribution in [3.63, 3.8) is 0 Å². The second-order valence-electron chi connectivity index (χ2n) is 8.30. The molecule has 35 heavy (non-hydrogen) atoms. The van der Waals surface area contributed by atoms with E-state index in [1.54, 1.807) is 49.6 Å². The number of hydrogen-bond acceptors (Lipinski definition) is 6. The number of methoxy groups -OCH3 is 3. The van der Waals surface area contributed by atoms with Crippen molar-refractivity contribution in [1.82, 2.24) is 4.90 Å². The Kier molecular flexibility index (Phi) is 6.51. The number of aliphatic hydroxyl groups is 1. The SMILES string of the molecule is COc1cccc(CN2C(=O)C(O)=CC2(C(=O)c2ccc(C)cc2)c2ccc(OC)c(OC)c2)c1. The lowest BCUT2D eigenvalue weighted by Crippen LogP contribution is -2.49. The highest BCUT2D eigenvalue weighted by atomic mass is 16.5. The van der Waals surface area contributed by atoms with Crippen LogP contribution >= 0.6 is 0 Å². The van der Waals surface area contributed by atoms with E-state index in [0.29, 0.717) is 28.4 Å². The normalized spacial score (nSPS) is 17.2. The minimum absolute atomic E-state index is 0.0581. The topological polar surface area (TPSA) is 85.3 Å². The first-order chi connectivity index (χ1) is 16.8. The number of Topliss-reactive ketones (excluding diaryl/α,β-unsaturated/α-hetero) is 1. The molecule has 1 heterocycles. The van der Waals surface area contributed by atoms with E-state index in [4.69, 9.17) is 14.2 Å². The monoisotopic (exact) mass is 473 g/mol. The predicted octanol–water partition coefficient (Wildman–Crippen LogP) is 4.58. The van der Waals surface area contributed by atoms with E-state index in [1.807, 2.05) is 31.2 Å². The summed E-state index contributed by atoms with van der Waals surface area (Å²) in [6.07, 6.45) is 1.32.